The molecule has 0 aliphatic carbocycles. The second-order valence-corrected chi connectivity index (χ2v) is 6.08. The summed E-state index contributed by atoms with van der Waals surface area (Å²) < 4.78 is 13.1. The van der Waals surface area contributed by atoms with Gasteiger partial charge in [0.25, 0.3) is 0 Å². The fraction of sp³-hybridized carbons (Fsp3) is 0.211. The number of methoxy groups -OCH3 is 1. The molecule has 1 aromatic heterocycles. The van der Waals surface area contributed by atoms with E-state index in [0.29, 0.717) is 13.2 Å². The second-order valence-electron chi connectivity index (χ2n) is 5.02. The second kappa shape index (κ2) is 7.80. The number of terminal acetylenes is 1. The molecule has 0 saturated heterocycles. The van der Waals surface area contributed by atoms with Gasteiger partial charge in [0.05, 0.1) is 31.3 Å². The number of thioether (sulfide) groups is 1. The third-order valence-electron chi connectivity index (χ3n) is 3.51. The molecule has 2 aromatic carbocycles. The maximum Gasteiger partial charge on any atom is 0.170 e. The minimum Gasteiger partial charge on any atom is -0.493 e. The maximum atomic E-state index is 5.80. The molecule has 0 unspecified atom stereocenters. The number of aromatic nitrogens is 2. The molecule has 0 N–H and O–H groups in total. The van der Waals surface area contributed by atoms with Gasteiger partial charge in [-0.05, 0) is 24.3 Å². The summed E-state index contributed by atoms with van der Waals surface area (Å²) in [5.41, 5.74) is 2.02. The highest BCUT2D eigenvalue weighted by atomic mass is 32.2. The highest BCUT2D eigenvalue weighted by molar-refractivity contribution is 7.99. The summed E-state index contributed by atoms with van der Waals surface area (Å²) in [6, 6.07) is 15.6. The van der Waals surface area contributed by atoms with Crippen molar-refractivity contribution in [3.05, 3.63) is 48.5 Å². The minimum atomic E-state index is 0.510. The molecule has 3 aromatic rings. The van der Waals surface area contributed by atoms with Crippen molar-refractivity contribution in [1.29, 1.82) is 0 Å². The average molecular weight is 338 g/mol. The molecule has 0 atom stereocenters. The van der Waals surface area contributed by atoms with E-state index in [2.05, 4.69) is 15.5 Å². The van der Waals surface area contributed by atoms with Crippen LogP contribution < -0.4 is 9.47 Å². The Kier molecular flexibility index (Phi) is 5.29. The Labute approximate surface area is 145 Å². The summed E-state index contributed by atoms with van der Waals surface area (Å²) in [6.45, 7) is 1.07. The van der Waals surface area contributed by atoms with Gasteiger partial charge in [0, 0.05) is 5.75 Å². The van der Waals surface area contributed by atoms with Gasteiger partial charge in [-0.15, -0.1) is 6.42 Å². The lowest BCUT2D eigenvalue weighted by Gasteiger charge is -2.10. The summed E-state index contributed by atoms with van der Waals surface area (Å²) in [7, 11) is 1.64. The summed E-state index contributed by atoms with van der Waals surface area (Å²) in [4.78, 5) is 4.66. The van der Waals surface area contributed by atoms with Gasteiger partial charge in [0.2, 0.25) is 0 Å². The van der Waals surface area contributed by atoms with Crippen molar-refractivity contribution in [2.75, 3.05) is 19.5 Å². The largest absolute Gasteiger partial charge is 0.493 e. The van der Waals surface area contributed by atoms with Crippen molar-refractivity contribution >= 4 is 22.8 Å². The lowest BCUT2D eigenvalue weighted by Crippen LogP contribution is -2.04. The molecule has 0 spiro atoms. The molecule has 3 rings (SSSR count). The Morgan fingerprint density at radius 2 is 1.88 bits per heavy atom. The number of rotatable bonds is 7. The smallest absolute Gasteiger partial charge is 0.170 e. The van der Waals surface area contributed by atoms with Gasteiger partial charge < -0.3 is 14.0 Å². The van der Waals surface area contributed by atoms with Gasteiger partial charge in [-0.3, -0.25) is 0 Å². The van der Waals surface area contributed by atoms with E-state index in [1.54, 1.807) is 18.9 Å². The van der Waals surface area contributed by atoms with E-state index < -0.39 is 0 Å². The van der Waals surface area contributed by atoms with E-state index in [9.17, 15) is 0 Å². The first-order valence-electron chi connectivity index (χ1n) is 7.61. The van der Waals surface area contributed by atoms with E-state index in [4.69, 9.17) is 15.9 Å². The lowest BCUT2D eigenvalue weighted by molar-refractivity contribution is 0.313. The first kappa shape index (κ1) is 16.3. The molecule has 0 bridgehead atoms. The zero-order valence-corrected chi connectivity index (χ0v) is 14.3. The van der Waals surface area contributed by atoms with Gasteiger partial charge in [-0.1, -0.05) is 41.9 Å². The quantitative estimate of drug-likeness (QED) is 0.372. The molecule has 0 radical (unpaired) electrons. The van der Waals surface area contributed by atoms with Crippen LogP contribution in [0.5, 0.6) is 11.5 Å². The number of benzene rings is 2. The molecule has 1 heterocycles. The van der Waals surface area contributed by atoms with E-state index in [-0.39, 0.29) is 0 Å². The van der Waals surface area contributed by atoms with Crippen molar-refractivity contribution in [1.82, 2.24) is 9.55 Å². The highest BCUT2D eigenvalue weighted by Gasteiger charge is 2.10. The van der Waals surface area contributed by atoms with Crippen molar-refractivity contribution in [2.45, 2.75) is 11.7 Å². The number of imidazole rings is 1. The third-order valence-corrected chi connectivity index (χ3v) is 4.45. The number of hydrogen-bond acceptors (Lipinski definition) is 4. The SMILES string of the molecule is C#CCn1c(SCCOc2ccccc2OC)nc2ccccc21. The van der Waals surface area contributed by atoms with Crippen LogP contribution in [0.25, 0.3) is 11.0 Å². The Morgan fingerprint density at radius 1 is 1.12 bits per heavy atom. The fourth-order valence-electron chi connectivity index (χ4n) is 2.43. The summed E-state index contributed by atoms with van der Waals surface area (Å²) in [5, 5.41) is 0.915. The predicted octanol–water partition coefficient (Wildman–Crippen LogP) is 3.85. The minimum absolute atomic E-state index is 0.510. The number of ether oxygens (including phenoxy) is 2. The van der Waals surface area contributed by atoms with Gasteiger partial charge in [-0.2, -0.15) is 0 Å². The number of para-hydroxylation sites is 4. The summed E-state index contributed by atoms with van der Waals surface area (Å²) in [6.07, 6.45) is 5.50. The molecular formula is C19H18N2O2S. The maximum absolute atomic E-state index is 5.80. The Balaban J connectivity index is 1.66. The van der Waals surface area contributed by atoms with Crippen LogP contribution in [-0.4, -0.2) is 29.0 Å². The van der Waals surface area contributed by atoms with Crippen molar-refractivity contribution < 1.29 is 9.47 Å². The average Bonchev–Trinajstić information content (AvgIpc) is 2.97. The summed E-state index contributed by atoms with van der Waals surface area (Å²) in [5.74, 6) is 4.95. The molecule has 0 fully saturated rings. The van der Waals surface area contributed by atoms with Crippen LogP contribution in [-0.2, 0) is 6.54 Å². The zero-order chi connectivity index (χ0) is 16.8. The Hall–Kier alpha value is -2.58. The third kappa shape index (κ3) is 3.50. The van der Waals surface area contributed by atoms with E-state index in [1.165, 1.54) is 0 Å². The van der Waals surface area contributed by atoms with Gasteiger partial charge >= 0.3 is 0 Å². The first-order chi connectivity index (χ1) is 11.8. The van der Waals surface area contributed by atoms with Crippen LogP contribution in [0, 0.1) is 12.3 Å². The van der Waals surface area contributed by atoms with Crippen molar-refractivity contribution in [3.8, 4) is 23.8 Å². The lowest BCUT2D eigenvalue weighted by atomic mass is 10.3. The first-order valence-corrected chi connectivity index (χ1v) is 8.59. The van der Waals surface area contributed by atoms with E-state index >= 15 is 0 Å². The molecule has 0 aliphatic heterocycles. The van der Waals surface area contributed by atoms with Gasteiger partial charge in [0.1, 0.15) is 0 Å². The molecule has 5 heteroatoms. The molecule has 0 amide bonds. The molecular weight excluding hydrogens is 320 g/mol. The van der Waals surface area contributed by atoms with E-state index in [1.807, 2.05) is 48.5 Å². The Bertz CT molecular complexity index is 867. The normalized spacial score (nSPS) is 10.5. The van der Waals surface area contributed by atoms with Gasteiger partial charge in [-0.25, -0.2) is 4.98 Å². The number of nitrogens with zero attached hydrogens (tertiary/aromatic N) is 2. The van der Waals surface area contributed by atoms with Crippen molar-refractivity contribution in [2.24, 2.45) is 0 Å². The molecule has 4 nitrogen and oxygen atoms in total. The number of fused-ring (bicyclic) bond motifs is 1. The van der Waals surface area contributed by atoms with Crippen LogP contribution in [0.3, 0.4) is 0 Å². The van der Waals surface area contributed by atoms with Crippen LogP contribution >= 0.6 is 11.8 Å². The van der Waals surface area contributed by atoms with Crippen LogP contribution in [0.2, 0.25) is 0 Å². The summed E-state index contributed by atoms with van der Waals surface area (Å²) >= 11 is 1.64. The predicted molar refractivity (Wildman–Crippen MR) is 97.8 cm³/mol. The van der Waals surface area contributed by atoms with Crippen molar-refractivity contribution in [3.63, 3.8) is 0 Å². The monoisotopic (exact) mass is 338 g/mol. The van der Waals surface area contributed by atoms with Crippen LogP contribution in [0.1, 0.15) is 0 Å². The fourth-order valence-corrected chi connectivity index (χ4v) is 3.26. The van der Waals surface area contributed by atoms with E-state index in [0.717, 1.165) is 33.4 Å². The standard InChI is InChI=1S/C19H18N2O2S/c1-3-12-21-16-9-5-4-8-15(16)20-19(21)24-14-13-23-18-11-7-6-10-17(18)22-2/h1,4-11H,12-14H2,2H3. The van der Waals surface area contributed by atoms with Crippen LogP contribution in [0.4, 0.5) is 0 Å². The zero-order valence-electron chi connectivity index (χ0n) is 13.4. The molecule has 0 aliphatic rings. The molecule has 122 valence electrons. The molecule has 24 heavy (non-hydrogen) atoms. The van der Waals surface area contributed by atoms with Crippen LogP contribution in [0.15, 0.2) is 53.7 Å². The molecule has 0 saturated carbocycles. The number of hydrogen-bond donors (Lipinski definition) is 0. The topological polar surface area (TPSA) is 36.3 Å². The Morgan fingerprint density at radius 3 is 2.67 bits per heavy atom. The highest BCUT2D eigenvalue weighted by Crippen LogP contribution is 2.27. The van der Waals surface area contributed by atoms with Gasteiger partial charge in [0.15, 0.2) is 16.7 Å².